The highest BCUT2D eigenvalue weighted by Gasteiger charge is 2.14. The van der Waals surface area contributed by atoms with Crippen LogP contribution in [0, 0.1) is 0 Å². The normalized spacial score (nSPS) is 21.1. The molecule has 1 aliphatic heterocycles. The maximum absolute atomic E-state index is 3.47. The average molecular weight is 186 g/mol. The van der Waals surface area contributed by atoms with Crippen molar-refractivity contribution in [1.29, 1.82) is 0 Å². The molecule has 72 valence electrons. The van der Waals surface area contributed by atoms with E-state index >= 15 is 0 Å². The number of nitrogens with zero attached hydrogens (tertiary/aromatic N) is 1. The van der Waals surface area contributed by atoms with Gasteiger partial charge < -0.3 is 9.88 Å². The van der Waals surface area contributed by atoms with Gasteiger partial charge in [-0.2, -0.15) is 0 Å². The topological polar surface area (TPSA) is 17.0 Å². The second-order valence-electron chi connectivity index (χ2n) is 4.06. The van der Waals surface area contributed by atoms with E-state index in [9.17, 15) is 0 Å². The van der Waals surface area contributed by atoms with Crippen LogP contribution in [0.5, 0.6) is 0 Å². The zero-order valence-electron chi connectivity index (χ0n) is 8.33. The van der Waals surface area contributed by atoms with Crippen LogP contribution in [0.2, 0.25) is 0 Å². The summed E-state index contributed by atoms with van der Waals surface area (Å²) in [5.41, 5.74) is 2.82. The van der Waals surface area contributed by atoms with E-state index in [0.29, 0.717) is 6.04 Å². The van der Waals surface area contributed by atoms with Gasteiger partial charge >= 0.3 is 0 Å². The SMILES string of the molecule is C[C@@H]1CNCc2cccc3ccn1c23. The molecule has 0 bridgehead atoms. The summed E-state index contributed by atoms with van der Waals surface area (Å²) in [4.78, 5) is 0. The second-order valence-corrected chi connectivity index (χ2v) is 4.06. The lowest BCUT2D eigenvalue weighted by atomic mass is 10.1. The van der Waals surface area contributed by atoms with E-state index < -0.39 is 0 Å². The van der Waals surface area contributed by atoms with Crippen molar-refractivity contribution in [3.05, 3.63) is 36.0 Å². The van der Waals surface area contributed by atoms with Crippen LogP contribution in [0.1, 0.15) is 18.5 Å². The Hall–Kier alpha value is -1.28. The van der Waals surface area contributed by atoms with E-state index in [4.69, 9.17) is 0 Å². The first-order valence-corrected chi connectivity index (χ1v) is 5.15. The molecule has 0 amide bonds. The van der Waals surface area contributed by atoms with Gasteiger partial charge in [0.2, 0.25) is 0 Å². The van der Waals surface area contributed by atoms with Crippen LogP contribution in [0.4, 0.5) is 0 Å². The maximum Gasteiger partial charge on any atom is 0.0528 e. The van der Waals surface area contributed by atoms with Crippen LogP contribution in [-0.4, -0.2) is 11.1 Å². The molecule has 0 aliphatic carbocycles. The molecular weight excluding hydrogens is 172 g/mol. The van der Waals surface area contributed by atoms with Gasteiger partial charge in [0.25, 0.3) is 0 Å². The molecule has 1 N–H and O–H groups in total. The lowest BCUT2D eigenvalue weighted by Gasteiger charge is -2.11. The monoisotopic (exact) mass is 186 g/mol. The van der Waals surface area contributed by atoms with Crippen molar-refractivity contribution in [3.63, 3.8) is 0 Å². The molecule has 0 radical (unpaired) electrons. The smallest absolute Gasteiger partial charge is 0.0528 e. The molecule has 2 nitrogen and oxygen atoms in total. The second kappa shape index (κ2) is 2.85. The molecule has 2 heteroatoms. The summed E-state index contributed by atoms with van der Waals surface area (Å²) in [5, 5.41) is 4.83. The Morgan fingerprint density at radius 1 is 1.36 bits per heavy atom. The van der Waals surface area contributed by atoms with Crippen molar-refractivity contribution in [3.8, 4) is 0 Å². The Balaban J connectivity index is 2.38. The number of hydrogen-bond acceptors (Lipinski definition) is 1. The van der Waals surface area contributed by atoms with Gasteiger partial charge in [0, 0.05) is 25.3 Å². The fourth-order valence-corrected chi connectivity index (χ4v) is 2.32. The molecule has 3 rings (SSSR count). The summed E-state index contributed by atoms with van der Waals surface area (Å²) in [5.74, 6) is 0. The van der Waals surface area contributed by atoms with Crippen molar-refractivity contribution < 1.29 is 0 Å². The Labute approximate surface area is 83.5 Å². The Morgan fingerprint density at radius 3 is 3.21 bits per heavy atom. The Morgan fingerprint density at radius 2 is 2.29 bits per heavy atom. The molecule has 2 heterocycles. The third-order valence-corrected chi connectivity index (χ3v) is 3.05. The lowest BCUT2D eigenvalue weighted by Crippen LogP contribution is -2.19. The summed E-state index contributed by atoms with van der Waals surface area (Å²) in [7, 11) is 0. The average Bonchev–Trinajstić information content (AvgIpc) is 2.54. The minimum atomic E-state index is 0.552. The number of hydrogen-bond donors (Lipinski definition) is 1. The van der Waals surface area contributed by atoms with Crippen molar-refractivity contribution in [2.24, 2.45) is 0 Å². The Kier molecular flexibility index (Phi) is 1.64. The lowest BCUT2D eigenvalue weighted by molar-refractivity contribution is 0.521. The molecule has 0 saturated carbocycles. The van der Waals surface area contributed by atoms with E-state index in [1.165, 1.54) is 16.5 Å². The fourth-order valence-electron chi connectivity index (χ4n) is 2.32. The van der Waals surface area contributed by atoms with Gasteiger partial charge in [-0.25, -0.2) is 0 Å². The molecular formula is C12H14N2. The van der Waals surface area contributed by atoms with Gasteiger partial charge in [-0.05, 0) is 23.9 Å². The minimum Gasteiger partial charge on any atom is -0.343 e. The number of nitrogens with one attached hydrogen (secondary N) is 1. The first kappa shape index (κ1) is 8.06. The minimum absolute atomic E-state index is 0.552. The van der Waals surface area contributed by atoms with E-state index in [-0.39, 0.29) is 0 Å². The maximum atomic E-state index is 3.47. The molecule has 1 aromatic carbocycles. The molecule has 1 aliphatic rings. The zero-order valence-corrected chi connectivity index (χ0v) is 8.33. The third kappa shape index (κ3) is 1.01. The molecule has 14 heavy (non-hydrogen) atoms. The quantitative estimate of drug-likeness (QED) is 0.668. The summed E-state index contributed by atoms with van der Waals surface area (Å²) in [6.07, 6.45) is 2.20. The van der Waals surface area contributed by atoms with Crippen LogP contribution in [0.15, 0.2) is 30.5 Å². The van der Waals surface area contributed by atoms with Gasteiger partial charge in [-0.15, -0.1) is 0 Å². The number of para-hydroxylation sites is 1. The zero-order chi connectivity index (χ0) is 9.54. The molecule has 1 atom stereocenters. The first-order valence-electron chi connectivity index (χ1n) is 5.15. The van der Waals surface area contributed by atoms with Gasteiger partial charge in [-0.3, -0.25) is 0 Å². The highest BCUT2D eigenvalue weighted by Crippen LogP contribution is 2.25. The largest absolute Gasteiger partial charge is 0.343 e. The van der Waals surface area contributed by atoms with Crippen LogP contribution in [-0.2, 0) is 6.54 Å². The van der Waals surface area contributed by atoms with Crippen LogP contribution < -0.4 is 5.32 Å². The van der Waals surface area contributed by atoms with Crippen LogP contribution in [0.3, 0.4) is 0 Å². The molecule has 0 saturated heterocycles. The van der Waals surface area contributed by atoms with Crippen LogP contribution in [0.25, 0.3) is 10.9 Å². The first-order chi connectivity index (χ1) is 6.86. The molecule has 1 aromatic heterocycles. The van der Waals surface area contributed by atoms with Crippen molar-refractivity contribution in [1.82, 2.24) is 9.88 Å². The fraction of sp³-hybridized carbons (Fsp3) is 0.333. The van der Waals surface area contributed by atoms with Gasteiger partial charge in [0.1, 0.15) is 0 Å². The van der Waals surface area contributed by atoms with E-state index in [0.717, 1.165) is 13.1 Å². The van der Waals surface area contributed by atoms with E-state index in [1.54, 1.807) is 0 Å². The van der Waals surface area contributed by atoms with Gasteiger partial charge in [-0.1, -0.05) is 18.2 Å². The van der Waals surface area contributed by atoms with Crippen molar-refractivity contribution in [2.75, 3.05) is 6.54 Å². The molecule has 0 unspecified atom stereocenters. The van der Waals surface area contributed by atoms with E-state index in [2.05, 4.69) is 47.3 Å². The van der Waals surface area contributed by atoms with Crippen molar-refractivity contribution in [2.45, 2.75) is 19.5 Å². The van der Waals surface area contributed by atoms with E-state index in [1.807, 2.05) is 0 Å². The highest BCUT2D eigenvalue weighted by molar-refractivity contribution is 5.83. The Bertz CT molecular complexity index is 470. The molecule has 0 spiro atoms. The number of aromatic nitrogens is 1. The van der Waals surface area contributed by atoms with Crippen molar-refractivity contribution >= 4 is 10.9 Å². The van der Waals surface area contributed by atoms with Gasteiger partial charge in [0.15, 0.2) is 0 Å². The van der Waals surface area contributed by atoms with Crippen LogP contribution >= 0.6 is 0 Å². The molecule has 0 fully saturated rings. The number of rotatable bonds is 0. The molecule has 2 aromatic rings. The van der Waals surface area contributed by atoms with Gasteiger partial charge in [0.05, 0.1) is 5.52 Å². The predicted octanol–water partition coefficient (Wildman–Crippen LogP) is 2.31. The predicted molar refractivity (Wildman–Crippen MR) is 58.4 cm³/mol. The number of benzene rings is 1. The summed E-state index contributed by atoms with van der Waals surface area (Å²) in [6.45, 7) is 4.30. The summed E-state index contributed by atoms with van der Waals surface area (Å²) in [6, 6.07) is 9.30. The summed E-state index contributed by atoms with van der Waals surface area (Å²) >= 11 is 0. The summed E-state index contributed by atoms with van der Waals surface area (Å²) < 4.78 is 2.38. The standard InChI is InChI=1S/C12H14N2/c1-9-7-13-8-11-4-2-3-10-5-6-14(9)12(10)11/h2-6,9,13H,7-8H2,1H3/t9-/m1/s1. The third-order valence-electron chi connectivity index (χ3n) is 3.05. The highest BCUT2D eigenvalue weighted by atomic mass is 15.1.